The molecule has 2 unspecified atom stereocenters. The topological polar surface area (TPSA) is 9.72 Å². The minimum Gasteiger partial charge on any atom is -0.334 e. The minimum absolute atomic E-state index is 0.0221. The van der Waals surface area contributed by atoms with Crippen LogP contribution in [-0.4, -0.2) is 12.3 Å². The van der Waals surface area contributed by atoms with E-state index in [9.17, 15) is 0 Å². The number of hydrogen-bond acceptors (Lipinski definition) is 4. The van der Waals surface area contributed by atoms with Crippen LogP contribution >= 0.6 is 11.3 Å². The molecule has 0 saturated heterocycles. The summed E-state index contributed by atoms with van der Waals surface area (Å²) in [5, 5.41) is 2.63. The lowest BCUT2D eigenvalue weighted by molar-refractivity contribution is 0.194. The van der Waals surface area contributed by atoms with Crippen molar-refractivity contribution in [3.05, 3.63) is 185 Å². The highest BCUT2D eigenvalue weighted by atomic mass is 32.1. The first kappa shape index (κ1) is 48.1. The quantitative estimate of drug-likeness (QED) is 0.163. The standard InChI is InChI=1S/C70H72BN3S/c1-43-36-44(2)63-59(37-43)74(70(13)35-20-19-34-69(63,70)12)49-41-60-64-61(42-49)73(56-26-21-25-51-50-24-17-18-27-62(50)75-65(51)56)58-40-48(68(9,10)11)29-32-54(58)71(64)53-31-28-47(67(6,7)8)39-57(53)72(60)55-33-30-46(66(3,4)5)38-52(55)45-22-15-14-16-23-45/h14-18,21-33,36-42H,19-20,34-35H2,1-13H3. The molecule has 2 atom stereocenters. The third kappa shape index (κ3) is 7.12. The highest BCUT2D eigenvalue weighted by molar-refractivity contribution is 7.26. The molecule has 75 heavy (non-hydrogen) atoms. The van der Waals surface area contributed by atoms with Crippen molar-refractivity contribution >= 4 is 100 Å². The molecule has 1 fully saturated rings. The monoisotopic (exact) mass is 998 g/mol. The van der Waals surface area contributed by atoms with E-state index in [1.54, 1.807) is 0 Å². The van der Waals surface area contributed by atoms with Crippen LogP contribution in [0.15, 0.2) is 152 Å². The molecule has 4 heterocycles. The van der Waals surface area contributed by atoms with Gasteiger partial charge in [-0.2, -0.15) is 0 Å². The van der Waals surface area contributed by atoms with Gasteiger partial charge >= 0.3 is 0 Å². The summed E-state index contributed by atoms with van der Waals surface area (Å²) in [6.07, 6.45) is 4.77. The number of aryl methyl sites for hydroxylation is 2. The molecule has 9 aromatic rings. The number of anilines is 8. The van der Waals surface area contributed by atoms with Crippen LogP contribution in [0.5, 0.6) is 0 Å². The van der Waals surface area contributed by atoms with Gasteiger partial charge in [0.1, 0.15) is 0 Å². The van der Waals surface area contributed by atoms with E-state index in [0.29, 0.717) is 0 Å². The molecule has 0 radical (unpaired) electrons. The second kappa shape index (κ2) is 16.5. The maximum atomic E-state index is 2.85. The number of rotatable bonds is 4. The summed E-state index contributed by atoms with van der Waals surface area (Å²) < 4.78 is 2.64. The van der Waals surface area contributed by atoms with Crippen LogP contribution in [-0.2, 0) is 21.7 Å². The molecule has 1 saturated carbocycles. The molecular weight excluding hydrogens is 926 g/mol. The van der Waals surface area contributed by atoms with Crippen molar-refractivity contribution in [3.8, 4) is 11.1 Å². The van der Waals surface area contributed by atoms with Gasteiger partial charge in [-0.25, -0.2) is 0 Å². The van der Waals surface area contributed by atoms with E-state index in [2.05, 4.69) is 256 Å². The molecule has 1 aliphatic carbocycles. The largest absolute Gasteiger partial charge is 0.334 e. The van der Waals surface area contributed by atoms with Gasteiger partial charge in [0.2, 0.25) is 0 Å². The summed E-state index contributed by atoms with van der Waals surface area (Å²) in [5.41, 5.74) is 24.6. The Labute approximate surface area is 451 Å². The van der Waals surface area contributed by atoms with E-state index >= 15 is 0 Å². The summed E-state index contributed by atoms with van der Waals surface area (Å²) in [4.78, 5) is 8.29. The number of thiophene rings is 1. The Kier molecular flexibility index (Phi) is 10.6. The molecule has 3 aliphatic heterocycles. The van der Waals surface area contributed by atoms with Crippen LogP contribution in [0.25, 0.3) is 31.3 Å². The Morgan fingerprint density at radius 3 is 1.72 bits per heavy atom. The molecule has 8 aromatic carbocycles. The Bertz CT molecular complexity index is 3820. The summed E-state index contributed by atoms with van der Waals surface area (Å²) in [5.74, 6) is 0. The molecule has 0 spiro atoms. The fraction of sp³-hybridized carbons (Fsp3) is 0.314. The van der Waals surface area contributed by atoms with Gasteiger partial charge in [0.15, 0.2) is 0 Å². The lowest BCUT2D eigenvalue weighted by Gasteiger charge is -2.51. The van der Waals surface area contributed by atoms with Crippen LogP contribution in [0, 0.1) is 13.8 Å². The number of fused-ring (bicyclic) bond motifs is 10. The van der Waals surface area contributed by atoms with Crippen molar-refractivity contribution < 1.29 is 0 Å². The van der Waals surface area contributed by atoms with Crippen LogP contribution in [0.4, 0.5) is 45.5 Å². The fourth-order valence-electron chi connectivity index (χ4n) is 14.3. The van der Waals surface area contributed by atoms with E-state index < -0.39 is 0 Å². The van der Waals surface area contributed by atoms with Crippen LogP contribution < -0.4 is 31.1 Å². The first-order valence-corrected chi connectivity index (χ1v) is 28.6. The smallest absolute Gasteiger partial charge is 0.252 e. The second-order valence-electron chi connectivity index (χ2n) is 26.3. The molecule has 3 nitrogen and oxygen atoms in total. The maximum Gasteiger partial charge on any atom is 0.252 e. The lowest BCUT2D eigenvalue weighted by atomic mass is 9.33. The highest BCUT2D eigenvalue weighted by Crippen LogP contribution is 2.63. The fourth-order valence-corrected chi connectivity index (χ4v) is 15.5. The predicted molar refractivity (Wildman–Crippen MR) is 327 cm³/mol. The third-order valence-corrected chi connectivity index (χ3v) is 19.6. The zero-order valence-corrected chi connectivity index (χ0v) is 47.4. The first-order valence-electron chi connectivity index (χ1n) is 27.7. The molecule has 0 N–H and O–H groups in total. The second-order valence-corrected chi connectivity index (χ2v) is 27.3. The Morgan fingerprint density at radius 2 is 1.07 bits per heavy atom. The molecule has 13 rings (SSSR count). The van der Waals surface area contributed by atoms with Gasteiger partial charge in [0, 0.05) is 60.6 Å². The molecule has 1 aromatic heterocycles. The van der Waals surface area contributed by atoms with Crippen molar-refractivity contribution in [2.24, 2.45) is 0 Å². The molecule has 0 bridgehead atoms. The van der Waals surface area contributed by atoms with Gasteiger partial charge in [0.25, 0.3) is 6.71 Å². The van der Waals surface area contributed by atoms with Crippen molar-refractivity contribution in [2.45, 2.75) is 143 Å². The van der Waals surface area contributed by atoms with Crippen molar-refractivity contribution in [1.82, 2.24) is 0 Å². The lowest BCUT2D eigenvalue weighted by Crippen LogP contribution is -2.61. The predicted octanol–water partition coefficient (Wildman–Crippen LogP) is 18.1. The van der Waals surface area contributed by atoms with Gasteiger partial charge in [-0.05, 0) is 160 Å². The summed E-state index contributed by atoms with van der Waals surface area (Å²) in [6, 6.07) is 59.8. The van der Waals surface area contributed by atoms with E-state index in [4.69, 9.17) is 0 Å². The Balaban J connectivity index is 1.21. The number of benzene rings is 8. The average Bonchev–Trinajstić information content (AvgIpc) is 3.87. The summed E-state index contributed by atoms with van der Waals surface area (Å²) in [7, 11) is 0. The maximum absolute atomic E-state index is 2.85. The number of nitrogens with zero attached hydrogens (tertiary/aromatic N) is 3. The van der Waals surface area contributed by atoms with E-state index in [0.717, 1.165) is 6.42 Å². The normalized spacial score (nSPS) is 19.1. The van der Waals surface area contributed by atoms with Crippen LogP contribution in [0.3, 0.4) is 0 Å². The van der Waals surface area contributed by atoms with E-state index in [1.807, 2.05) is 11.3 Å². The average molecular weight is 998 g/mol. The van der Waals surface area contributed by atoms with E-state index in [-0.39, 0.29) is 33.9 Å². The van der Waals surface area contributed by atoms with Crippen molar-refractivity contribution in [2.75, 3.05) is 14.7 Å². The third-order valence-electron chi connectivity index (χ3n) is 18.4. The molecule has 4 aliphatic rings. The van der Waals surface area contributed by atoms with E-state index in [1.165, 1.54) is 146 Å². The molecule has 5 heteroatoms. The van der Waals surface area contributed by atoms with Gasteiger partial charge in [-0.1, -0.05) is 179 Å². The van der Waals surface area contributed by atoms with Crippen molar-refractivity contribution in [3.63, 3.8) is 0 Å². The van der Waals surface area contributed by atoms with Gasteiger partial charge in [-0.15, -0.1) is 11.3 Å². The Morgan fingerprint density at radius 1 is 0.493 bits per heavy atom. The minimum atomic E-state index is -0.158. The number of hydrogen-bond donors (Lipinski definition) is 0. The first-order chi connectivity index (χ1) is 35.7. The van der Waals surface area contributed by atoms with Crippen LogP contribution in [0.1, 0.15) is 135 Å². The van der Waals surface area contributed by atoms with Crippen LogP contribution in [0.2, 0.25) is 0 Å². The zero-order valence-electron chi connectivity index (χ0n) is 46.6. The van der Waals surface area contributed by atoms with Gasteiger partial charge in [-0.3, -0.25) is 0 Å². The summed E-state index contributed by atoms with van der Waals surface area (Å²) in [6.45, 7) is 31.1. The SMILES string of the molecule is Cc1cc(C)c2c(c1)N(c1cc3c4c(c1)N(c1cccc5c1sc1ccccc15)c1cc(C(C)(C)C)ccc1B4c1ccc(C(C)(C)C)cc1N3c1ccc(C(C)(C)C)cc1-c1ccccc1)C1(C)CCCCC21C. The highest BCUT2D eigenvalue weighted by Gasteiger charge is 2.59. The molecular formula is C70H72BN3S. The molecule has 0 amide bonds. The van der Waals surface area contributed by atoms with Gasteiger partial charge < -0.3 is 14.7 Å². The van der Waals surface area contributed by atoms with Gasteiger partial charge in [0.05, 0.1) is 21.6 Å². The summed E-state index contributed by atoms with van der Waals surface area (Å²) >= 11 is 1.93. The zero-order chi connectivity index (χ0) is 52.3. The van der Waals surface area contributed by atoms with Crippen molar-refractivity contribution in [1.29, 1.82) is 0 Å². The Hall–Kier alpha value is -6.56. The molecule has 376 valence electrons.